The number of nitrogens with one attached hydrogen (secondary N) is 1. The molecule has 3 rings (SSSR count). The zero-order valence-corrected chi connectivity index (χ0v) is 13.0. The SMILES string of the molecule is Cl.O=C(c1ccc(-c2ccc(F)cc2)s1)N1CCNCC1. The van der Waals surface area contributed by atoms with E-state index in [4.69, 9.17) is 0 Å². The molecule has 1 aromatic heterocycles. The van der Waals surface area contributed by atoms with Crippen LogP contribution in [0.15, 0.2) is 36.4 Å². The lowest BCUT2D eigenvalue weighted by Gasteiger charge is -2.26. The maximum Gasteiger partial charge on any atom is 0.264 e. The fraction of sp³-hybridized carbons (Fsp3) is 0.267. The Hall–Kier alpha value is -1.43. The predicted octanol–water partition coefficient (Wildman–Crippen LogP) is 3.02. The average molecular weight is 327 g/mol. The lowest BCUT2D eigenvalue weighted by Crippen LogP contribution is -2.46. The molecule has 3 nitrogen and oxygen atoms in total. The number of halogens is 2. The third-order valence-electron chi connectivity index (χ3n) is 3.35. The zero-order valence-electron chi connectivity index (χ0n) is 11.3. The first kappa shape index (κ1) is 15.9. The van der Waals surface area contributed by atoms with Crippen molar-refractivity contribution in [1.29, 1.82) is 0 Å². The van der Waals surface area contributed by atoms with Crippen LogP contribution in [0.2, 0.25) is 0 Å². The van der Waals surface area contributed by atoms with Gasteiger partial charge in [-0.25, -0.2) is 4.39 Å². The summed E-state index contributed by atoms with van der Waals surface area (Å²) in [5.74, 6) is -0.160. The van der Waals surface area contributed by atoms with E-state index in [9.17, 15) is 9.18 Å². The summed E-state index contributed by atoms with van der Waals surface area (Å²) < 4.78 is 12.9. The highest BCUT2D eigenvalue weighted by molar-refractivity contribution is 7.17. The highest BCUT2D eigenvalue weighted by Crippen LogP contribution is 2.29. The fourth-order valence-electron chi connectivity index (χ4n) is 2.25. The van der Waals surface area contributed by atoms with E-state index in [0.29, 0.717) is 0 Å². The quantitative estimate of drug-likeness (QED) is 0.920. The van der Waals surface area contributed by atoms with Gasteiger partial charge in [-0.05, 0) is 29.8 Å². The van der Waals surface area contributed by atoms with Gasteiger partial charge in [0, 0.05) is 31.1 Å². The summed E-state index contributed by atoms with van der Waals surface area (Å²) in [6, 6.07) is 10.1. The number of rotatable bonds is 2. The van der Waals surface area contributed by atoms with Crippen LogP contribution in [-0.2, 0) is 0 Å². The molecule has 21 heavy (non-hydrogen) atoms. The molecule has 112 valence electrons. The normalized spacial score (nSPS) is 14.6. The molecule has 0 radical (unpaired) electrons. The van der Waals surface area contributed by atoms with Gasteiger partial charge in [0.1, 0.15) is 5.82 Å². The molecule has 0 aliphatic carbocycles. The zero-order chi connectivity index (χ0) is 13.9. The average Bonchev–Trinajstić information content (AvgIpc) is 2.98. The lowest BCUT2D eigenvalue weighted by molar-refractivity contribution is 0.0740. The van der Waals surface area contributed by atoms with Gasteiger partial charge in [0.15, 0.2) is 0 Å². The van der Waals surface area contributed by atoms with Crippen LogP contribution in [0.5, 0.6) is 0 Å². The summed E-state index contributed by atoms with van der Waals surface area (Å²) in [6.07, 6.45) is 0. The van der Waals surface area contributed by atoms with E-state index < -0.39 is 0 Å². The van der Waals surface area contributed by atoms with Crippen molar-refractivity contribution in [2.24, 2.45) is 0 Å². The van der Waals surface area contributed by atoms with E-state index in [-0.39, 0.29) is 24.1 Å². The molecule has 1 aliphatic heterocycles. The minimum Gasteiger partial charge on any atom is -0.335 e. The van der Waals surface area contributed by atoms with Gasteiger partial charge >= 0.3 is 0 Å². The van der Waals surface area contributed by atoms with Gasteiger partial charge in [-0.1, -0.05) is 12.1 Å². The topological polar surface area (TPSA) is 32.3 Å². The number of thiophene rings is 1. The molecule has 1 amide bonds. The molecule has 1 N–H and O–H groups in total. The van der Waals surface area contributed by atoms with Gasteiger partial charge in [-0.3, -0.25) is 4.79 Å². The van der Waals surface area contributed by atoms with E-state index in [0.717, 1.165) is 41.5 Å². The molecule has 1 fully saturated rings. The van der Waals surface area contributed by atoms with Gasteiger partial charge in [0.2, 0.25) is 0 Å². The second-order valence-electron chi connectivity index (χ2n) is 4.71. The number of hydrogen-bond acceptors (Lipinski definition) is 3. The van der Waals surface area contributed by atoms with Gasteiger partial charge in [-0.2, -0.15) is 0 Å². The van der Waals surface area contributed by atoms with Crippen molar-refractivity contribution < 1.29 is 9.18 Å². The summed E-state index contributed by atoms with van der Waals surface area (Å²) in [6.45, 7) is 3.20. The molecule has 0 unspecified atom stereocenters. The number of carbonyl (C=O) groups excluding carboxylic acids is 1. The van der Waals surface area contributed by atoms with Crippen molar-refractivity contribution in [1.82, 2.24) is 10.2 Å². The van der Waals surface area contributed by atoms with E-state index in [2.05, 4.69) is 5.32 Å². The largest absolute Gasteiger partial charge is 0.335 e. The Morgan fingerprint density at radius 3 is 2.43 bits per heavy atom. The van der Waals surface area contributed by atoms with Crippen LogP contribution in [0.3, 0.4) is 0 Å². The van der Waals surface area contributed by atoms with E-state index in [1.807, 2.05) is 17.0 Å². The van der Waals surface area contributed by atoms with Crippen molar-refractivity contribution >= 4 is 29.7 Å². The molecule has 0 atom stereocenters. The maximum absolute atomic E-state index is 12.9. The number of piperazine rings is 1. The van der Waals surface area contributed by atoms with Crippen LogP contribution in [0, 0.1) is 5.82 Å². The molecule has 0 spiro atoms. The van der Waals surface area contributed by atoms with Crippen LogP contribution < -0.4 is 5.32 Å². The molecule has 2 heterocycles. The summed E-state index contributed by atoms with van der Waals surface area (Å²) in [5, 5.41) is 3.23. The summed E-state index contributed by atoms with van der Waals surface area (Å²) in [4.78, 5) is 16.0. The van der Waals surface area contributed by atoms with Gasteiger partial charge in [0.05, 0.1) is 4.88 Å². The monoisotopic (exact) mass is 326 g/mol. The number of carbonyl (C=O) groups is 1. The minimum absolute atomic E-state index is 0. The second kappa shape index (κ2) is 7.02. The third-order valence-corrected chi connectivity index (χ3v) is 4.47. The Bertz CT molecular complexity index is 608. The van der Waals surface area contributed by atoms with Crippen LogP contribution in [0.4, 0.5) is 4.39 Å². The van der Waals surface area contributed by atoms with Gasteiger partial charge < -0.3 is 10.2 Å². The standard InChI is InChI=1S/C15H15FN2OS.ClH/c16-12-3-1-11(2-4-12)13-5-6-14(20-13)15(19)18-9-7-17-8-10-18;/h1-6,17H,7-10H2;1H. The van der Waals surface area contributed by atoms with Gasteiger partial charge in [-0.15, -0.1) is 23.7 Å². The van der Waals surface area contributed by atoms with E-state index in [1.54, 1.807) is 12.1 Å². The van der Waals surface area contributed by atoms with Gasteiger partial charge in [0.25, 0.3) is 5.91 Å². The summed E-state index contributed by atoms with van der Waals surface area (Å²) in [5.41, 5.74) is 0.941. The third kappa shape index (κ3) is 3.61. The fourth-order valence-corrected chi connectivity index (χ4v) is 3.23. The second-order valence-corrected chi connectivity index (χ2v) is 5.80. The number of hydrogen-bond donors (Lipinski definition) is 1. The molecule has 0 bridgehead atoms. The van der Waals surface area contributed by atoms with Crippen LogP contribution in [-0.4, -0.2) is 37.0 Å². The number of benzene rings is 1. The first-order valence-corrected chi connectivity index (χ1v) is 7.41. The van der Waals surface area contributed by atoms with Crippen LogP contribution in [0.1, 0.15) is 9.67 Å². The highest BCUT2D eigenvalue weighted by atomic mass is 35.5. The highest BCUT2D eigenvalue weighted by Gasteiger charge is 2.19. The molecule has 6 heteroatoms. The van der Waals surface area contributed by atoms with Crippen molar-refractivity contribution in [3.05, 3.63) is 47.1 Å². The maximum atomic E-state index is 12.9. The van der Waals surface area contributed by atoms with Crippen molar-refractivity contribution in [2.45, 2.75) is 0 Å². The molecule has 1 aliphatic rings. The van der Waals surface area contributed by atoms with Crippen molar-refractivity contribution in [2.75, 3.05) is 26.2 Å². The van der Waals surface area contributed by atoms with E-state index >= 15 is 0 Å². The van der Waals surface area contributed by atoms with Crippen LogP contribution >= 0.6 is 23.7 Å². The Kier molecular flexibility index (Phi) is 5.33. The molecule has 1 aromatic carbocycles. The first-order chi connectivity index (χ1) is 9.74. The smallest absolute Gasteiger partial charge is 0.264 e. The van der Waals surface area contributed by atoms with Crippen molar-refractivity contribution in [3.8, 4) is 10.4 Å². The Morgan fingerprint density at radius 1 is 1.10 bits per heavy atom. The Morgan fingerprint density at radius 2 is 1.76 bits per heavy atom. The molecule has 2 aromatic rings. The van der Waals surface area contributed by atoms with Crippen LogP contribution in [0.25, 0.3) is 10.4 Å². The van der Waals surface area contributed by atoms with E-state index in [1.165, 1.54) is 23.5 Å². The lowest BCUT2D eigenvalue weighted by atomic mass is 10.2. The predicted molar refractivity (Wildman–Crippen MR) is 85.7 cm³/mol. The molecular weight excluding hydrogens is 311 g/mol. The first-order valence-electron chi connectivity index (χ1n) is 6.60. The molecule has 1 saturated heterocycles. The summed E-state index contributed by atoms with van der Waals surface area (Å²) in [7, 11) is 0. The summed E-state index contributed by atoms with van der Waals surface area (Å²) >= 11 is 1.46. The number of nitrogens with zero attached hydrogens (tertiary/aromatic N) is 1. The Labute approximate surface area is 133 Å². The Balaban J connectivity index is 0.00000161. The number of amides is 1. The molecular formula is C15H16ClFN2OS. The molecule has 0 saturated carbocycles. The minimum atomic E-state index is -0.248. The van der Waals surface area contributed by atoms with Crippen molar-refractivity contribution in [3.63, 3.8) is 0 Å².